The van der Waals surface area contributed by atoms with E-state index in [-0.39, 0.29) is 0 Å². The van der Waals surface area contributed by atoms with E-state index in [9.17, 15) is 15.0 Å². The maximum Gasteiger partial charge on any atom is 0.327 e. The summed E-state index contributed by atoms with van der Waals surface area (Å²) >= 11 is 0. The van der Waals surface area contributed by atoms with Gasteiger partial charge in [0.1, 0.15) is 0 Å². The molecule has 0 aliphatic carbocycles. The van der Waals surface area contributed by atoms with Gasteiger partial charge < -0.3 is 14.9 Å². The summed E-state index contributed by atoms with van der Waals surface area (Å²) in [4.78, 5) is 11.5. The molecule has 2 N–H and O–H groups in total. The number of carbonyl (C=O) groups is 1. The molecule has 1 heterocycles. The molecule has 0 radical (unpaired) electrons. The molecule has 0 aromatic rings. The second kappa shape index (κ2) is 2.93. The number of amides is 1. The van der Waals surface area contributed by atoms with Crippen molar-refractivity contribution in [3.05, 3.63) is 0 Å². The first kappa shape index (κ1) is 10.9. The Morgan fingerprint density at radius 2 is 1.93 bits per heavy atom. The zero-order valence-electron chi connectivity index (χ0n) is 8.61. The predicted molar refractivity (Wildman–Crippen MR) is 48.2 cm³/mol. The number of nitrogens with zero attached hydrogens (tertiary/aromatic N) is 2. The van der Waals surface area contributed by atoms with Crippen molar-refractivity contribution in [2.75, 3.05) is 7.11 Å². The van der Waals surface area contributed by atoms with E-state index in [0.717, 1.165) is 5.01 Å². The van der Waals surface area contributed by atoms with E-state index >= 15 is 0 Å². The predicted octanol–water partition coefficient (Wildman–Crippen LogP) is -0.732. The van der Waals surface area contributed by atoms with Crippen LogP contribution in [0, 0.1) is 0 Å². The zero-order chi connectivity index (χ0) is 11.1. The van der Waals surface area contributed by atoms with Gasteiger partial charge in [-0.15, -0.1) is 5.10 Å². The minimum atomic E-state index is -2.64. The van der Waals surface area contributed by atoms with Crippen LogP contribution in [0.1, 0.15) is 20.8 Å². The average molecular weight is 202 g/mol. The van der Waals surface area contributed by atoms with Crippen molar-refractivity contribution >= 4 is 11.8 Å². The van der Waals surface area contributed by atoms with Crippen LogP contribution in [0.5, 0.6) is 0 Å². The molecule has 0 fully saturated rings. The van der Waals surface area contributed by atoms with Crippen LogP contribution in [0.3, 0.4) is 0 Å². The van der Waals surface area contributed by atoms with Gasteiger partial charge in [-0.3, -0.25) is 4.79 Å². The number of ether oxygens (including phenoxy) is 1. The van der Waals surface area contributed by atoms with Gasteiger partial charge in [0.2, 0.25) is 0 Å². The van der Waals surface area contributed by atoms with E-state index in [4.69, 9.17) is 0 Å². The highest BCUT2D eigenvalue weighted by molar-refractivity contribution is 6.10. The molecule has 0 saturated carbocycles. The summed E-state index contributed by atoms with van der Waals surface area (Å²) in [6.45, 7) is 5.18. The number of hydrogen-bond donors (Lipinski definition) is 2. The van der Waals surface area contributed by atoms with Gasteiger partial charge in [-0.2, -0.15) is 0 Å². The second-order valence-corrected chi connectivity index (χ2v) is 4.07. The zero-order valence-corrected chi connectivity index (χ0v) is 8.61. The van der Waals surface area contributed by atoms with Gasteiger partial charge >= 0.3 is 11.7 Å². The first-order chi connectivity index (χ1) is 6.21. The number of methoxy groups -OCH3 is 1. The van der Waals surface area contributed by atoms with Gasteiger partial charge in [-0.25, -0.2) is 5.01 Å². The fourth-order valence-corrected chi connectivity index (χ4v) is 1.08. The molecule has 1 rings (SSSR count). The van der Waals surface area contributed by atoms with Gasteiger partial charge in [0, 0.05) is 0 Å². The van der Waals surface area contributed by atoms with Crippen LogP contribution >= 0.6 is 0 Å². The molecule has 0 spiro atoms. The quantitative estimate of drug-likeness (QED) is 0.507. The summed E-state index contributed by atoms with van der Waals surface area (Å²) in [5.41, 5.74) is -0.617. The van der Waals surface area contributed by atoms with E-state index in [0.29, 0.717) is 0 Å². The molecule has 0 bridgehead atoms. The first-order valence-electron chi connectivity index (χ1n) is 4.13. The van der Waals surface area contributed by atoms with Gasteiger partial charge in [0.15, 0.2) is 0 Å². The van der Waals surface area contributed by atoms with E-state index < -0.39 is 23.1 Å². The Bertz CT molecular complexity index is 290. The largest absolute Gasteiger partial charge is 0.479 e. The summed E-state index contributed by atoms with van der Waals surface area (Å²) in [5.74, 6) is -3.94. The number of rotatable bonds is 0. The summed E-state index contributed by atoms with van der Waals surface area (Å²) in [6.07, 6.45) is 0. The average Bonchev–Trinajstić information content (AvgIpc) is 2.23. The normalized spacial score (nSPS) is 21.1. The standard InChI is InChI=1S/C8H14N2O4/c1-7(2,3)10-6(11)8(12,13)5(9-10)14-4/h12-13H,1-4H3. The molecule has 14 heavy (non-hydrogen) atoms. The van der Waals surface area contributed by atoms with Crippen LogP contribution in [-0.4, -0.2) is 45.5 Å². The van der Waals surface area contributed by atoms with Crippen molar-refractivity contribution in [2.24, 2.45) is 5.10 Å². The number of aliphatic hydroxyl groups is 2. The Morgan fingerprint density at radius 1 is 1.43 bits per heavy atom. The number of carbonyl (C=O) groups excluding carboxylic acids is 1. The van der Waals surface area contributed by atoms with E-state index in [1.165, 1.54) is 7.11 Å². The third-order valence-corrected chi connectivity index (χ3v) is 1.81. The molecule has 0 unspecified atom stereocenters. The number of hydrogen-bond acceptors (Lipinski definition) is 5. The highest BCUT2D eigenvalue weighted by Gasteiger charge is 2.53. The van der Waals surface area contributed by atoms with Crippen LogP contribution in [0.4, 0.5) is 0 Å². The van der Waals surface area contributed by atoms with E-state index in [2.05, 4.69) is 9.84 Å². The fraction of sp³-hybridized carbons (Fsp3) is 0.750. The molecule has 0 saturated heterocycles. The molecule has 1 amide bonds. The van der Waals surface area contributed by atoms with Crippen LogP contribution < -0.4 is 0 Å². The van der Waals surface area contributed by atoms with Crippen LogP contribution in [0.15, 0.2) is 5.10 Å². The Labute approximate surface area is 81.8 Å². The molecule has 0 aromatic carbocycles. The molecule has 6 heteroatoms. The lowest BCUT2D eigenvalue weighted by Gasteiger charge is -2.28. The third-order valence-electron chi connectivity index (χ3n) is 1.81. The second-order valence-electron chi connectivity index (χ2n) is 4.07. The van der Waals surface area contributed by atoms with Crippen LogP contribution in [0.2, 0.25) is 0 Å². The van der Waals surface area contributed by atoms with Gasteiger partial charge in [-0.05, 0) is 20.8 Å². The molecule has 6 nitrogen and oxygen atoms in total. The van der Waals surface area contributed by atoms with Gasteiger partial charge in [-0.1, -0.05) is 0 Å². The SMILES string of the molecule is COC1=NN(C(C)(C)C)C(=O)C1(O)O. The molecule has 1 aliphatic rings. The minimum Gasteiger partial charge on any atom is -0.479 e. The summed E-state index contributed by atoms with van der Waals surface area (Å²) in [5, 5.41) is 23.4. The Hall–Kier alpha value is -1.14. The van der Waals surface area contributed by atoms with Gasteiger partial charge in [0.25, 0.3) is 5.90 Å². The first-order valence-corrected chi connectivity index (χ1v) is 4.13. The molecule has 80 valence electrons. The fourth-order valence-electron chi connectivity index (χ4n) is 1.08. The van der Waals surface area contributed by atoms with Crippen molar-refractivity contribution in [3.63, 3.8) is 0 Å². The molecular weight excluding hydrogens is 188 g/mol. The molecule has 0 atom stereocenters. The Morgan fingerprint density at radius 3 is 2.14 bits per heavy atom. The lowest BCUT2D eigenvalue weighted by molar-refractivity contribution is -0.174. The summed E-state index contributed by atoms with van der Waals surface area (Å²) in [7, 11) is 1.22. The maximum atomic E-state index is 11.5. The van der Waals surface area contributed by atoms with Crippen molar-refractivity contribution in [1.29, 1.82) is 0 Å². The van der Waals surface area contributed by atoms with Crippen molar-refractivity contribution in [2.45, 2.75) is 32.1 Å². The maximum absolute atomic E-state index is 11.5. The molecule has 1 aliphatic heterocycles. The minimum absolute atomic E-state index is 0.405. The highest BCUT2D eigenvalue weighted by atomic mass is 16.6. The Balaban J connectivity index is 3.08. The smallest absolute Gasteiger partial charge is 0.327 e. The van der Waals surface area contributed by atoms with Crippen LogP contribution in [0.25, 0.3) is 0 Å². The van der Waals surface area contributed by atoms with Crippen LogP contribution in [-0.2, 0) is 9.53 Å². The van der Waals surface area contributed by atoms with Crippen molar-refractivity contribution < 1.29 is 19.7 Å². The molecular formula is C8H14N2O4. The third kappa shape index (κ3) is 1.46. The Kier molecular flexibility index (Phi) is 2.29. The number of hydrazone groups is 1. The summed E-state index contributed by atoms with van der Waals surface area (Å²) in [6, 6.07) is 0. The van der Waals surface area contributed by atoms with Gasteiger partial charge in [0.05, 0.1) is 12.6 Å². The monoisotopic (exact) mass is 202 g/mol. The lowest BCUT2D eigenvalue weighted by atomic mass is 10.1. The van der Waals surface area contributed by atoms with Crippen molar-refractivity contribution in [1.82, 2.24) is 5.01 Å². The lowest BCUT2D eigenvalue weighted by Crippen LogP contribution is -2.50. The highest BCUT2D eigenvalue weighted by Crippen LogP contribution is 2.25. The topological polar surface area (TPSA) is 82.4 Å². The van der Waals surface area contributed by atoms with Crippen molar-refractivity contribution in [3.8, 4) is 0 Å². The molecule has 0 aromatic heterocycles. The summed E-state index contributed by atoms with van der Waals surface area (Å²) < 4.78 is 4.61. The van der Waals surface area contributed by atoms with E-state index in [1.54, 1.807) is 20.8 Å². The van der Waals surface area contributed by atoms with E-state index in [1.807, 2.05) is 0 Å².